The minimum atomic E-state index is -1.18. The molecule has 0 bridgehead atoms. The van der Waals surface area contributed by atoms with Crippen LogP contribution in [-0.2, 0) is 4.74 Å². The summed E-state index contributed by atoms with van der Waals surface area (Å²) in [7, 11) is 0. The molecule has 0 radical (unpaired) electrons. The third kappa shape index (κ3) is 13.7. The van der Waals surface area contributed by atoms with Gasteiger partial charge in [-0.25, -0.2) is 4.79 Å². The van der Waals surface area contributed by atoms with Crippen LogP contribution in [0, 0.1) is 5.92 Å². The lowest BCUT2D eigenvalue weighted by atomic mass is 9.94. The molecule has 1 aliphatic rings. The van der Waals surface area contributed by atoms with Crippen molar-refractivity contribution in [2.45, 2.75) is 90.9 Å². The van der Waals surface area contributed by atoms with Crippen LogP contribution in [-0.4, -0.2) is 17.9 Å². The Balaban J connectivity index is 0.000000396. The molecule has 120 valence electrons. The summed E-state index contributed by atoms with van der Waals surface area (Å²) in [6.07, 6.45) is 15.5. The van der Waals surface area contributed by atoms with Crippen molar-refractivity contribution >= 4 is 6.16 Å². The first-order chi connectivity index (χ1) is 9.70. The minimum absolute atomic E-state index is 0.325. The molecule has 20 heavy (non-hydrogen) atoms. The SMILES string of the molecule is CCCCCC1CCCCCC1.CCCCOC(=O)O. The Kier molecular flexibility index (Phi) is 14.1. The first-order valence-electron chi connectivity index (χ1n) is 8.56. The maximum absolute atomic E-state index is 9.65. The molecule has 0 spiro atoms. The topological polar surface area (TPSA) is 46.5 Å². The number of unbranched alkanes of at least 4 members (excludes halogenated alkanes) is 3. The molecular formula is C17H34O3. The summed E-state index contributed by atoms with van der Waals surface area (Å²) >= 11 is 0. The van der Waals surface area contributed by atoms with Crippen LogP contribution < -0.4 is 0 Å². The monoisotopic (exact) mass is 286 g/mol. The molecule has 0 atom stereocenters. The maximum Gasteiger partial charge on any atom is 0.505 e. The van der Waals surface area contributed by atoms with Crippen LogP contribution in [0.15, 0.2) is 0 Å². The number of carboxylic acid groups (broad SMARTS) is 1. The lowest BCUT2D eigenvalue weighted by Gasteiger charge is -2.12. The second-order valence-corrected chi connectivity index (χ2v) is 5.82. The van der Waals surface area contributed by atoms with Gasteiger partial charge in [-0.15, -0.1) is 0 Å². The zero-order valence-electron chi connectivity index (χ0n) is 13.5. The molecule has 0 heterocycles. The third-order valence-corrected chi connectivity index (χ3v) is 3.91. The van der Waals surface area contributed by atoms with Crippen LogP contribution in [0.1, 0.15) is 90.9 Å². The smallest absolute Gasteiger partial charge is 0.450 e. The van der Waals surface area contributed by atoms with Crippen LogP contribution in [0.5, 0.6) is 0 Å². The number of hydrogen-bond acceptors (Lipinski definition) is 2. The largest absolute Gasteiger partial charge is 0.505 e. The number of hydrogen-bond donors (Lipinski definition) is 1. The van der Waals surface area contributed by atoms with Crippen molar-refractivity contribution in [3.63, 3.8) is 0 Å². The third-order valence-electron chi connectivity index (χ3n) is 3.91. The molecule has 0 aromatic heterocycles. The summed E-state index contributed by atoms with van der Waals surface area (Å²) in [4.78, 5) is 9.65. The standard InChI is InChI=1S/C12H24.C5H10O3/c1-2-3-6-9-12-10-7-4-5-8-11-12;1-2-3-4-8-5(6)7/h12H,2-11H2,1H3;2-4H2,1H3,(H,6,7). The van der Waals surface area contributed by atoms with Gasteiger partial charge in [-0.2, -0.15) is 0 Å². The molecule has 0 saturated heterocycles. The summed E-state index contributed by atoms with van der Waals surface area (Å²) in [6, 6.07) is 0. The van der Waals surface area contributed by atoms with Gasteiger partial charge in [-0.3, -0.25) is 0 Å². The van der Waals surface area contributed by atoms with Crippen molar-refractivity contribution < 1.29 is 14.6 Å². The summed E-state index contributed by atoms with van der Waals surface area (Å²) in [5.74, 6) is 1.10. The van der Waals surface area contributed by atoms with E-state index in [1.165, 1.54) is 64.2 Å². The van der Waals surface area contributed by atoms with Gasteiger partial charge in [-0.1, -0.05) is 84.5 Å². The fourth-order valence-electron chi connectivity index (χ4n) is 2.64. The number of carbonyl (C=O) groups is 1. The van der Waals surface area contributed by atoms with Gasteiger partial charge < -0.3 is 9.84 Å². The Morgan fingerprint density at radius 2 is 1.60 bits per heavy atom. The van der Waals surface area contributed by atoms with Crippen LogP contribution >= 0.6 is 0 Å². The van der Waals surface area contributed by atoms with E-state index < -0.39 is 6.16 Å². The lowest BCUT2D eigenvalue weighted by molar-refractivity contribution is 0.0905. The van der Waals surface area contributed by atoms with Crippen LogP contribution in [0.4, 0.5) is 4.79 Å². The van der Waals surface area contributed by atoms with Crippen LogP contribution in [0.2, 0.25) is 0 Å². The first kappa shape index (κ1) is 19.3. The Labute approximate surface area is 125 Å². The summed E-state index contributed by atoms with van der Waals surface area (Å²) in [5.41, 5.74) is 0. The summed E-state index contributed by atoms with van der Waals surface area (Å²) in [6.45, 7) is 4.60. The molecule has 1 N–H and O–H groups in total. The highest BCUT2D eigenvalue weighted by atomic mass is 16.7. The van der Waals surface area contributed by atoms with Crippen molar-refractivity contribution in [2.75, 3.05) is 6.61 Å². The quantitative estimate of drug-likeness (QED) is 0.353. The van der Waals surface area contributed by atoms with Crippen molar-refractivity contribution in [1.82, 2.24) is 0 Å². The highest BCUT2D eigenvalue weighted by Gasteiger charge is 2.10. The Hall–Kier alpha value is -0.730. The van der Waals surface area contributed by atoms with Crippen molar-refractivity contribution in [1.29, 1.82) is 0 Å². The van der Waals surface area contributed by atoms with Gasteiger partial charge in [0.1, 0.15) is 0 Å². The van der Waals surface area contributed by atoms with Gasteiger partial charge in [0.15, 0.2) is 0 Å². The molecular weight excluding hydrogens is 252 g/mol. The highest BCUT2D eigenvalue weighted by Crippen LogP contribution is 2.26. The number of rotatable bonds is 7. The summed E-state index contributed by atoms with van der Waals surface area (Å²) in [5, 5.41) is 7.92. The minimum Gasteiger partial charge on any atom is -0.450 e. The van der Waals surface area contributed by atoms with E-state index in [0.717, 1.165) is 18.8 Å². The molecule has 0 aromatic carbocycles. The predicted octanol–water partition coefficient (Wildman–Crippen LogP) is 6.02. The van der Waals surface area contributed by atoms with Gasteiger partial charge in [0.2, 0.25) is 0 Å². The van der Waals surface area contributed by atoms with E-state index in [1.807, 2.05) is 6.92 Å². The molecule has 0 unspecified atom stereocenters. The van der Waals surface area contributed by atoms with Gasteiger partial charge >= 0.3 is 6.16 Å². The lowest BCUT2D eigenvalue weighted by Crippen LogP contribution is -2.00. The van der Waals surface area contributed by atoms with Gasteiger partial charge in [0, 0.05) is 0 Å². The van der Waals surface area contributed by atoms with Crippen LogP contribution in [0.25, 0.3) is 0 Å². The Bertz CT molecular complexity index is 208. The van der Waals surface area contributed by atoms with Crippen LogP contribution in [0.3, 0.4) is 0 Å². The van der Waals surface area contributed by atoms with Crippen molar-refractivity contribution in [3.05, 3.63) is 0 Å². The van der Waals surface area contributed by atoms with E-state index in [0.29, 0.717) is 6.61 Å². The predicted molar refractivity (Wildman–Crippen MR) is 84.2 cm³/mol. The average molecular weight is 286 g/mol. The van der Waals surface area contributed by atoms with E-state index in [4.69, 9.17) is 5.11 Å². The molecule has 0 aromatic rings. The second kappa shape index (κ2) is 14.7. The first-order valence-corrected chi connectivity index (χ1v) is 8.56. The van der Waals surface area contributed by atoms with Gasteiger partial charge in [0.05, 0.1) is 6.61 Å². The van der Waals surface area contributed by atoms with Gasteiger partial charge in [0.25, 0.3) is 0 Å². The fourth-order valence-corrected chi connectivity index (χ4v) is 2.64. The highest BCUT2D eigenvalue weighted by molar-refractivity contribution is 5.56. The van der Waals surface area contributed by atoms with Gasteiger partial charge in [-0.05, 0) is 12.3 Å². The zero-order valence-corrected chi connectivity index (χ0v) is 13.5. The maximum atomic E-state index is 9.65. The molecule has 0 amide bonds. The van der Waals surface area contributed by atoms with E-state index in [9.17, 15) is 4.79 Å². The molecule has 1 rings (SSSR count). The van der Waals surface area contributed by atoms with E-state index in [1.54, 1.807) is 0 Å². The van der Waals surface area contributed by atoms with E-state index >= 15 is 0 Å². The second-order valence-electron chi connectivity index (χ2n) is 5.82. The van der Waals surface area contributed by atoms with E-state index in [2.05, 4.69) is 11.7 Å². The Morgan fingerprint density at radius 1 is 1.00 bits per heavy atom. The average Bonchev–Trinajstić information content (AvgIpc) is 2.69. The Morgan fingerprint density at radius 3 is 2.10 bits per heavy atom. The van der Waals surface area contributed by atoms with Crippen molar-refractivity contribution in [2.24, 2.45) is 5.92 Å². The zero-order chi connectivity index (χ0) is 15.1. The van der Waals surface area contributed by atoms with E-state index in [-0.39, 0.29) is 0 Å². The molecule has 1 aliphatic carbocycles. The molecule has 1 saturated carbocycles. The summed E-state index contributed by atoms with van der Waals surface area (Å²) < 4.78 is 4.20. The molecule has 0 aliphatic heterocycles. The molecule has 1 fully saturated rings. The van der Waals surface area contributed by atoms with Crippen molar-refractivity contribution in [3.8, 4) is 0 Å². The molecule has 3 nitrogen and oxygen atoms in total. The number of ether oxygens (including phenoxy) is 1. The molecule has 3 heteroatoms. The normalized spacial score (nSPS) is 15.9. The fraction of sp³-hybridized carbons (Fsp3) is 0.941.